The molecule has 0 N–H and O–H groups in total. The van der Waals surface area contributed by atoms with Gasteiger partial charge in [-0.3, -0.25) is 0 Å². The number of rotatable bonds is 3. The Morgan fingerprint density at radius 2 is 1.75 bits per heavy atom. The normalized spacial score (nSPS) is 12.3. The first-order valence-electron chi connectivity index (χ1n) is 5.42. The molecule has 86 valence electrons. The maximum absolute atomic E-state index is 11.8. The molecule has 0 saturated carbocycles. The molecule has 0 amide bonds. The van der Waals surface area contributed by atoms with Crippen molar-refractivity contribution < 1.29 is 9.53 Å². The van der Waals surface area contributed by atoms with Crippen molar-refractivity contribution in [3.05, 3.63) is 41.5 Å². The van der Waals surface area contributed by atoms with Crippen LogP contribution in [0.15, 0.2) is 35.9 Å². The van der Waals surface area contributed by atoms with E-state index in [1.165, 1.54) is 7.11 Å². The summed E-state index contributed by atoms with van der Waals surface area (Å²) in [5.74, 6) is 0.0618. The van der Waals surface area contributed by atoms with Crippen molar-refractivity contribution in [2.45, 2.75) is 20.8 Å². The second-order valence-electron chi connectivity index (χ2n) is 4.07. The van der Waals surface area contributed by atoms with Gasteiger partial charge >= 0.3 is 5.97 Å². The van der Waals surface area contributed by atoms with Gasteiger partial charge in [0, 0.05) is 0 Å². The largest absolute Gasteiger partial charge is 0.465 e. The van der Waals surface area contributed by atoms with E-state index in [0.29, 0.717) is 11.5 Å². The topological polar surface area (TPSA) is 26.3 Å². The summed E-state index contributed by atoms with van der Waals surface area (Å²) in [6.07, 6.45) is 0. The molecular weight excluding hydrogens is 200 g/mol. The third-order valence-corrected chi connectivity index (χ3v) is 2.71. The van der Waals surface area contributed by atoms with Crippen molar-refractivity contribution >= 4 is 11.5 Å². The summed E-state index contributed by atoms with van der Waals surface area (Å²) < 4.78 is 4.84. The molecule has 0 atom stereocenters. The Hall–Kier alpha value is -1.57. The molecule has 0 spiro atoms. The lowest BCUT2D eigenvalue weighted by atomic mass is 9.94. The van der Waals surface area contributed by atoms with Crippen molar-refractivity contribution in [2.24, 2.45) is 5.92 Å². The molecule has 0 unspecified atom stereocenters. The molecule has 0 aliphatic carbocycles. The third kappa shape index (κ3) is 2.72. The highest BCUT2D eigenvalue weighted by Gasteiger charge is 2.16. The van der Waals surface area contributed by atoms with E-state index in [2.05, 4.69) is 13.8 Å². The fourth-order valence-corrected chi connectivity index (χ4v) is 1.50. The Labute approximate surface area is 96.9 Å². The summed E-state index contributed by atoms with van der Waals surface area (Å²) in [6.45, 7) is 6.12. The zero-order chi connectivity index (χ0) is 12.1. The Morgan fingerprint density at radius 1 is 1.19 bits per heavy atom. The predicted octanol–water partition coefficient (Wildman–Crippen LogP) is 3.29. The zero-order valence-electron chi connectivity index (χ0n) is 10.3. The average molecular weight is 218 g/mol. The van der Waals surface area contributed by atoms with Crippen LogP contribution in [0.1, 0.15) is 26.3 Å². The molecule has 0 aromatic heterocycles. The van der Waals surface area contributed by atoms with Gasteiger partial charge in [-0.25, -0.2) is 4.79 Å². The van der Waals surface area contributed by atoms with E-state index in [0.717, 1.165) is 11.1 Å². The highest BCUT2D eigenvalue weighted by atomic mass is 16.5. The van der Waals surface area contributed by atoms with Gasteiger partial charge in [0.25, 0.3) is 0 Å². The second-order valence-corrected chi connectivity index (χ2v) is 4.07. The second kappa shape index (κ2) is 5.50. The third-order valence-electron chi connectivity index (χ3n) is 2.71. The smallest absolute Gasteiger partial charge is 0.338 e. The van der Waals surface area contributed by atoms with Crippen LogP contribution >= 0.6 is 0 Å². The first-order valence-corrected chi connectivity index (χ1v) is 5.42. The zero-order valence-corrected chi connectivity index (χ0v) is 10.3. The quantitative estimate of drug-likeness (QED) is 0.575. The molecule has 1 rings (SSSR count). The lowest BCUT2D eigenvalue weighted by Crippen LogP contribution is -2.08. The summed E-state index contributed by atoms with van der Waals surface area (Å²) in [5, 5.41) is 0. The van der Waals surface area contributed by atoms with Crippen LogP contribution in [0.5, 0.6) is 0 Å². The molecule has 1 aromatic carbocycles. The van der Waals surface area contributed by atoms with Crippen LogP contribution in [0.4, 0.5) is 0 Å². The highest BCUT2D eigenvalue weighted by Crippen LogP contribution is 2.24. The first kappa shape index (κ1) is 12.5. The van der Waals surface area contributed by atoms with Gasteiger partial charge in [0.1, 0.15) is 0 Å². The Morgan fingerprint density at radius 3 is 2.19 bits per heavy atom. The Balaban J connectivity index is 3.28. The van der Waals surface area contributed by atoms with Crippen LogP contribution in [0, 0.1) is 5.92 Å². The van der Waals surface area contributed by atoms with E-state index < -0.39 is 0 Å². The summed E-state index contributed by atoms with van der Waals surface area (Å²) in [6, 6.07) is 9.64. The van der Waals surface area contributed by atoms with Crippen molar-refractivity contribution in [3.8, 4) is 0 Å². The lowest BCUT2D eigenvalue weighted by Gasteiger charge is -2.13. The van der Waals surface area contributed by atoms with E-state index in [-0.39, 0.29) is 5.97 Å². The van der Waals surface area contributed by atoms with Crippen molar-refractivity contribution in [1.82, 2.24) is 0 Å². The molecule has 0 radical (unpaired) electrons. The van der Waals surface area contributed by atoms with Crippen molar-refractivity contribution in [2.75, 3.05) is 7.11 Å². The van der Waals surface area contributed by atoms with Gasteiger partial charge < -0.3 is 4.74 Å². The molecule has 0 fully saturated rings. The van der Waals surface area contributed by atoms with Gasteiger partial charge in [0.2, 0.25) is 0 Å². The minimum Gasteiger partial charge on any atom is -0.465 e. The van der Waals surface area contributed by atoms with Gasteiger partial charge in [-0.05, 0) is 18.4 Å². The molecular formula is C14H18O2. The van der Waals surface area contributed by atoms with E-state index >= 15 is 0 Å². The molecule has 1 aromatic rings. The monoisotopic (exact) mass is 218 g/mol. The average Bonchev–Trinajstić information content (AvgIpc) is 2.30. The van der Waals surface area contributed by atoms with Crippen LogP contribution < -0.4 is 0 Å². The molecule has 0 saturated heterocycles. The number of carbonyl (C=O) groups is 1. The number of carbonyl (C=O) groups excluding carboxylic acids is 1. The number of allylic oxidation sites excluding steroid dienone is 1. The summed E-state index contributed by atoms with van der Waals surface area (Å²) >= 11 is 0. The maximum Gasteiger partial charge on any atom is 0.338 e. The first-order chi connectivity index (χ1) is 7.57. The molecule has 2 nitrogen and oxygen atoms in total. The summed E-state index contributed by atoms with van der Waals surface area (Å²) in [5.41, 5.74) is 2.65. The molecule has 0 heterocycles. The van der Waals surface area contributed by atoms with E-state index in [1.54, 1.807) is 0 Å². The van der Waals surface area contributed by atoms with Gasteiger partial charge in [0.05, 0.1) is 12.7 Å². The number of benzene rings is 1. The van der Waals surface area contributed by atoms with Crippen molar-refractivity contribution in [1.29, 1.82) is 0 Å². The lowest BCUT2D eigenvalue weighted by molar-refractivity contribution is -0.133. The summed E-state index contributed by atoms with van der Waals surface area (Å²) in [7, 11) is 1.42. The predicted molar refractivity (Wildman–Crippen MR) is 65.9 cm³/mol. The van der Waals surface area contributed by atoms with Crippen LogP contribution in [-0.2, 0) is 9.53 Å². The van der Waals surface area contributed by atoms with Gasteiger partial charge in [-0.15, -0.1) is 0 Å². The van der Waals surface area contributed by atoms with E-state index in [4.69, 9.17) is 4.74 Å². The number of hydrogen-bond acceptors (Lipinski definition) is 2. The van der Waals surface area contributed by atoms with Crippen LogP contribution in [0.25, 0.3) is 5.57 Å². The minimum absolute atomic E-state index is 0.266. The van der Waals surface area contributed by atoms with Gasteiger partial charge in [-0.1, -0.05) is 49.8 Å². The van der Waals surface area contributed by atoms with Crippen LogP contribution in [0.2, 0.25) is 0 Å². The SMILES string of the molecule is COC(=O)/C(=C(\C)C(C)C)c1ccccc1. The molecule has 2 heteroatoms. The molecule has 0 bridgehead atoms. The Kier molecular flexibility index (Phi) is 4.29. The van der Waals surface area contributed by atoms with Crippen LogP contribution in [-0.4, -0.2) is 13.1 Å². The summed E-state index contributed by atoms with van der Waals surface area (Å²) in [4.78, 5) is 11.8. The number of esters is 1. The fraction of sp³-hybridized carbons (Fsp3) is 0.357. The number of hydrogen-bond donors (Lipinski definition) is 0. The van der Waals surface area contributed by atoms with Crippen LogP contribution in [0.3, 0.4) is 0 Å². The van der Waals surface area contributed by atoms with E-state index in [9.17, 15) is 4.79 Å². The highest BCUT2D eigenvalue weighted by molar-refractivity contribution is 6.17. The standard InChI is InChI=1S/C14H18O2/c1-10(2)11(3)13(14(15)16-4)12-8-6-5-7-9-12/h5-10H,1-4H3/b13-11+. The molecule has 0 aliphatic heterocycles. The van der Waals surface area contributed by atoms with E-state index in [1.807, 2.05) is 37.3 Å². The van der Waals surface area contributed by atoms with Gasteiger partial charge in [0.15, 0.2) is 0 Å². The number of ether oxygens (including phenoxy) is 1. The maximum atomic E-state index is 11.8. The minimum atomic E-state index is -0.266. The Bertz CT molecular complexity index is 388. The molecule has 0 aliphatic rings. The number of methoxy groups -OCH3 is 1. The van der Waals surface area contributed by atoms with Crippen molar-refractivity contribution in [3.63, 3.8) is 0 Å². The fourth-order valence-electron chi connectivity index (χ4n) is 1.50. The van der Waals surface area contributed by atoms with Gasteiger partial charge in [-0.2, -0.15) is 0 Å². The molecule has 16 heavy (non-hydrogen) atoms.